The highest BCUT2D eigenvalue weighted by atomic mass is 16.5. The molecular formula is C15H20N2O3. The molecule has 5 heteroatoms. The molecule has 108 valence electrons. The van der Waals surface area contributed by atoms with Crippen molar-refractivity contribution in [3.8, 4) is 11.8 Å². The molecule has 0 saturated carbocycles. The molecule has 1 rings (SSSR count). The fourth-order valence-electron chi connectivity index (χ4n) is 1.41. The van der Waals surface area contributed by atoms with Crippen LogP contribution in [-0.4, -0.2) is 29.3 Å². The van der Waals surface area contributed by atoms with E-state index in [4.69, 9.17) is 10.00 Å². The zero-order valence-corrected chi connectivity index (χ0v) is 12.0. The molecule has 2 unspecified atom stereocenters. The van der Waals surface area contributed by atoms with Gasteiger partial charge in [-0.25, -0.2) is 0 Å². The van der Waals surface area contributed by atoms with Gasteiger partial charge in [0.2, 0.25) is 0 Å². The number of hydrogen-bond acceptors (Lipinski definition) is 4. The Morgan fingerprint density at radius 3 is 2.60 bits per heavy atom. The van der Waals surface area contributed by atoms with Crippen LogP contribution in [0.25, 0.3) is 0 Å². The summed E-state index contributed by atoms with van der Waals surface area (Å²) in [5, 5.41) is 21.2. The summed E-state index contributed by atoms with van der Waals surface area (Å²) in [6.07, 6.45) is -0.117. The quantitative estimate of drug-likeness (QED) is 0.827. The van der Waals surface area contributed by atoms with E-state index in [-0.39, 0.29) is 12.5 Å². The summed E-state index contributed by atoms with van der Waals surface area (Å²) in [6.45, 7) is 5.33. The number of nitrogens with zero attached hydrogens (tertiary/aromatic N) is 1. The van der Waals surface area contributed by atoms with E-state index in [0.29, 0.717) is 17.7 Å². The first kappa shape index (κ1) is 16.0. The molecular weight excluding hydrogens is 256 g/mol. The Morgan fingerprint density at radius 1 is 1.50 bits per heavy atom. The molecule has 1 aromatic rings. The molecule has 20 heavy (non-hydrogen) atoms. The molecule has 2 atom stereocenters. The topological polar surface area (TPSA) is 82.3 Å². The van der Waals surface area contributed by atoms with Crippen LogP contribution in [0, 0.1) is 11.3 Å². The zero-order chi connectivity index (χ0) is 15.2. The minimum atomic E-state index is -0.913. The number of benzene rings is 1. The number of carbonyl (C=O) groups excluding carboxylic acids is 1. The third-order valence-electron chi connectivity index (χ3n) is 3.07. The van der Waals surface area contributed by atoms with E-state index in [0.717, 1.165) is 0 Å². The molecule has 0 aromatic heterocycles. The summed E-state index contributed by atoms with van der Waals surface area (Å²) in [5.41, 5.74) is -0.377. The Balaban J connectivity index is 2.51. The highest BCUT2D eigenvalue weighted by Gasteiger charge is 2.21. The summed E-state index contributed by atoms with van der Waals surface area (Å²) in [5.74, 6) is 0.233. The van der Waals surface area contributed by atoms with Crippen LogP contribution in [0.5, 0.6) is 5.75 Å². The number of nitrogens with one attached hydrogen (secondary N) is 1. The van der Waals surface area contributed by atoms with Crippen molar-refractivity contribution in [1.82, 2.24) is 5.32 Å². The largest absolute Gasteiger partial charge is 0.481 e. The zero-order valence-electron chi connectivity index (χ0n) is 12.0. The average Bonchev–Trinajstić information content (AvgIpc) is 2.45. The predicted octanol–water partition coefficient (Wildman–Crippen LogP) is 1.60. The van der Waals surface area contributed by atoms with Crippen LogP contribution in [0.2, 0.25) is 0 Å². The Bertz CT molecular complexity index is 489. The smallest absolute Gasteiger partial charge is 0.260 e. The molecule has 0 aliphatic carbocycles. The molecule has 0 spiro atoms. The van der Waals surface area contributed by atoms with Gasteiger partial charge in [-0.15, -0.1) is 0 Å². The van der Waals surface area contributed by atoms with E-state index in [2.05, 4.69) is 5.32 Å². The van der Waals surface area contributed by atoms with Gasteiger partial charge in [-0.1, -0.05) is 6.92 Å². The number of aliphatic hydroxyl groups is 1. The van der Waals surface area contributed by atoms with E-state index in [1.807, 2.05) is 13.0 Å². The normalized spacial score (nSPS) is 14.8. The minimum Gasteiger partial charge on any atom is -0.481 e. The van der Waals surface area contributed by atoms with Crippen LogP contribution in [0.1, 0.15) is 32.8 Å². The van der Waals surface area contributed by atoms with Crippen molar-refractivity contribution in [2.45, 2.75) is 38.9 Å². The maximum atomic E-state index is 11.8. The first-order valence-corrected chi connectivity index (χ1v) is 6.55. The SMILES string of the molecule is CCC(C)(O)CNC(=O)C(C)Oc1ccc(C#N)cc1. The van der Waals surface area contributed by atoms with Crippen molar-refractivity contribution in [3.05, 3.63) is 29.8 Å². The molecule has 0 radical (unpaired) electrons. The highest BCUT2D eigenvalue weighted by Crippen LogP contribution is 2.13. The number of carbonyl (C=O) groups is 1. The van der Waals surface area contributed by atoms with Crippen LogP contribution < -0.4 is 10.1 Å². The van der Waals surface area contributed by atoms with Gasteiger partial charge in [-0.05, 0) is 44.5 Å². The summed E-state index contributed by atoms with van der Waals surface area (Å²) < 4.78 is 5.47. The van der Waals surface area contributed by atoms with Gasteiger partial charge in [-0.3, -0.25) is 4.79 Å². The van der Waals surface area contributed by atoms with Crippen LogP contribution in [0.15, 0.2) is 24.3 Å². The molecule has 0 saturated heterocycles. The standard InChI is InChI=1S/C15H20N2O3/c1-4-15(3,19)10-17-14(18)11(2)20-13-7-5-12(9-16)6-8-13/h5-8,11,19H,4,10H2,1-3H3,(H,17,18). The molecule has 5 nitrogen and oxygen atoms in total. The van der Waals surface area contributed by atoms with E-state index in [1.54, 1.807) is 38.1 Å². The number of amides is 1. The highest BCUT2D eigenvalue weighted by molar-refractivity contribution is 5.80. The molecule has 1 aromatic carbocycles. The van der Waals surface area contributed by atoms with Crippen molar-refractivity contribution in [2.75, 3.05) is 6.54 Å². The predicted molar refractivity (Wildman–Crippen MR) is 75.2 cm³/mol. The lowest BCUT2D eigenvalue weighted by molar-refractivity contribution is -0.128. The Kier molecular flexibility index (Phi) is 5.53. The van der Waals surface area contributed by atoms with E-state index in [9.17, 15) is 9.90 Å². The summed E-state index contributed by atoms with van der Waals surface area (Å²) in [4.78, 5) is 11.8. The van der Waals surface area contributed by atoms with E-state index in [1.165, 1.54) is 0 Å². The van der Waals surface area contributed by atoms with Crippen molar-refractivity contribution in [1.29, 1.82) is 5.26 Å². The fourth-order valence-corrected chi connectivity index (χ4v) is 1.41. The van der Waals surface area contributed by atoms with Crippen LogP contribution in [-0.2, 0) is 4.79 Å². The lowest BCUT2D eigenvalue weighted by atomic mass is 10.0. The number of rotatable bonds is 6. The molecule has 1 amide bonds. The van der Waals surface area contributed by atoms with Crippen molar-refractivity contribution < 1.29 is 14.6 Å². The van der Waals surface area contributed by atoms with Crippen LogP contribution in [0.4, 0.5) is 0 Å². The van der Waals surface area contributed by atoms with E-state index >= 15 is 0 Å². The molecule has 0 bridgehead atoms. The van der Waals surface area contributed by atoms with Gasteiger partial charge in [0.25, 0.3) is 5.91 Å². The lowest BCUT2D eigenvalue weighted by Crippen LogP contribution is -2.44. The first-order valence-electron chi connectivity index (χ1n) is 6.55. The second-order valence-corrected chi connectivity index (χ2v) is 4.96. The second kappa shape index (κ2) is 6.92. The maximum absolute atomic E-state index is 11.8. The molecule has 2 N–H and O–H groups in total. The molecule has 0 fully saturated rings. The van der Waals surface area contributed by atoms with Gasteiger partial charge in [0.05, 0.1) is 17.2 Å². The number of nitriles is 1. The Labute approximate surface area is 119 Å². The summed E-state index contributed by atoms with van der Waals surface area (Å²) in [7, 11) is 0. The van der Waals surface area contributed by atoms with Crippen LogP contribution in [0.3, 0.4) is 0 Å². The summed E-state index contributed by atoms with van der Waals surface area (Å²) in [6, 6.07) is 8.55. The molecule has 0 heterocycles. The molecule has 0 aliphatic rings. The monoisotopic (exact) mass is 276 g/mol. The van der Waals surface area contributed by atoms with Gasteiger partial charge in [-0.2, -0.15) is 5.26 Å². The molecule has 0 aliphatic heterocycles. The Hall–Kier alpha value is -2.06. The number of hydrogen-bond donors (Lipinski definition) is 2. The maximum Gasteiger partial charge on any atom is 0.260 e. The Morgan fingerprint density at radius 2 is 2.10 bits per heavy atom. The van der Waals surface area contributed by atoms with Crippen molar-refractivity contribution in [2.24, 2.45) is 0 Å². The van der Waals surface area contributed by atoms with Crippen molar-refractivity contribution >= 4 is 5.91 Å². The van der Waals surface area contributed by atoms with Gasteiger partial charge in [0, 0.05) is 6.54 Å². The second-order valence-electron chi connectivity index (χ2n) is 4.96. The van der Waals surface area contributed by atoms with Gasteiger partial charge >= 0.3 is 0 Å². The minimum absolute atomic E-state index is 0.184. The average molecular weight is 276 g/mol. The third kappa shape index (κ3) is 4.90. The van der Waals surface area contributed by atoms with Gasteiger partial charge in [0.15, 0.2) is 6.10 Å². The summed E-state index contributed by atoms with van der Waals surface area (Å²) >= 11 is 0. The van der Waals surface area contributed by atoms with Gasteiger partial charge < -0.3 is 15.2 Å². The lowest BCUT2D eigenvalue weighted by Gasteiger charge is -2.23. The van der Waals surface area contributed by atoms with Gasteiger partial charge in [0.1, 0.15) is 5.75 Å². The van der Waals surface area contributed by atoms with E-state index < -0.39 is 11.7 Å². The third-order valence-corrected chi connectivity index (χ3v) is 3.07. The fraction of sp³-hybridized carbons (Fsp3) is 0.467. The first-order chi connectivity index (χ1) is 9.38. The number of ether oxygens (including phenoxy) is 1. The van der Waals surface area contributed by atoms with Crippen LogP contribution >= 0.6 is 0 Å². The van der Waals surface area contributed by atoms with Crippen molar-refractivity contribution in [3.63, 3.8) is 0 Å².